The number of anilines is 1. The molecule has 158 valence electrons. The zero-order chi connectivity index (χ0) is 21.2. The van der Waals surface area contributed by atoms with Gasteiger partial charge >= 0.3 is 0 Å². The molecule has 0 bridgehead atoms. The molecule has 2 aliphatic heterocycles. The molecule has 1 fully saturated rings. The number of carbonyl (C=O) groups is 1. The molecule has 30 heavy (non-hydrogen) atoms. The Morgan fingerprint density at radius 2 is 1.83 bits per heavy atom. The van der Waals surface area contributed by atoms with Crippen molar-refractivity contribution in [3.05, 3.63) is 65.7 Å². The smallest absolute Gasteiger partial charge is 0.241 e. The Bertz CT molecular complexity index is 950. The molecule has 0 radical (unpaired) electrons. The predicted molar refractivity (Wildman–Crippen MR) is 123 cm³/mol. The quantitative estimate of drug-likeness (QED) is 0.609. The van der Waals surface area contributed by atoms with Crippen LogP contribution in [0.15, 0.2) is 54.6 Å². The highest BCUT2D eigenvalue weighted by molar-refractivity contribution is 5.91. The average Bonchev–Trinajstić information content (AvgIpc) is 3.18. The van der Waals surface area contributed by atoms with Crippen molar-refractivity contribution in [3.63, 3.8) is 0 Å². The predicted octanol–water partition coefficient (Wildman–Crippen LogP) is 5.28. The molecule has 1 atom stereocenters. The zero-order valence-electron chi connectivity index (χ0n) is 18.3. The largest absolute Gasteiger partial charge is 0.493 e. The Hall–Kier alpha value is -2.75. The molecule has 0 saturated carbocycles. The molecule has 0 spiro atoms. The molecule has 0 aliphatic carbocycles. The molecule has 2 aliphatic rings. The number of benzene rings is 2. The summed E-state index contributed by atoms with van der Waals surface area (Å²) in [6, 6.07) is 16.5. The number of para-hydroxylation sites is 2. The standard InChI is InChI=1S/C26H32N2O2/c1-4-5-6-11-18-30-23-15-10-7-12-20(23)16-17-26-25(2,3)21-13-8-9-14-22(21)28(26)19-24(29)27-26/h7-10,12-17H,4-6,11,18-19H2,1-3H3,(H,27,29)/t26-/m0/s1. The van der Waals surface area contributed by atoms with Gasteiger partial charge in [0.05, 0.1) is 13.2 Å². The molecule has 1 saturated heterocycles. The van der Waals surface area contributed by atoms with Crippen LogP contribution >= 0.6 is 0 Å². The van der Waals surface area contributed by atoms with Crippen molar-refractivity contribution in [2.45, 2.75) is 57.5 Å². The van der Waals surface area contributed by atoms with Crippen molar-refractivity contribution in [2.75, 3.05) is 18.1 Å². The van der Waals surface area contributed by atoms with Gasteiger partial charge in [-0.3, -0.25) is 4.79 Å². The number of ether oxygens (including phenoxy) is 1. The molecule has 4 nitrogen and oxygen atoms in total. The van der Waals surface area contributed by atoms with E-state index in [2.05, 4.69) is 67.4 Å². The van der Waals surface area contributed by atoms with Gasteiger partial charge in [0.1, 0.15) is 11.4 Å². The van der Waals surface area contributed by atoms with Gasteiger partial charge in [-0.2, -0.15) is 0 Å². The van der Waals surface area contributed by atoms with Gasteiger partial charge in [0.15, 0.2) is 0 Å². The minimum Gasteiger partial charge on any atom is -0.493 e. The number of nitrogens with one attached hydrogen (secondary N) is 1. The topological polar surface area (TPSA) is 41.6 Å². The van der Waals surface area contributed by atoms with E-state index >= 15 is 0 Å². The lowest BCUT2D eigenvalue weighted by Gasteiger charge is -2.40. The maximum atomic E-state index is 12.5. The van der Waals surface area contributed by atoms with Crippen LogP contribution in [0.4, 0.5) is 5.69 Å². The number of hydrogen-bond donors (Lipinski definition) is 1. The summed E-state index contributed by atoms with van der Waals surface area (Å²) in [5, 5.41) is 3.28. The second-order valence-corrected chi connectivity index (χ2v) is 8.82. The van der Waals surface area contributed by atoms with Gasteiger partial charge < -0.3 is 15.0 Å². The van der Waals surface area contributed by atoms with Crippen LogP contribution in [0.5, 0.6) is 5.75 Å². The number of hydrogen-bond acceptors (Lipinski definition) is 3. The Morgan fingerprint density at radius 3 is 2.67 bits per heavy atom. The molecule has 0 unspecified atom stereocenters. The number of fused-ring (bicyclic) bond motifs is 3. The number of rotatable bonds is 8. The van der Waals surface area contributed by atoms with E-state index < -0.39 is 5.66 Å². The van der Waals surface area contributed by atoms with Crippen molar-refractivity contribution in [1.82, 2.24) is 5.32 Å². The van der Waals surface area contributed by atoms with Crippen LogP contribution in [0.3, 0.4) is 0 Å². The molecular formula is C26H32N2O2. The van der Waals surface area contributed by atoms with Crippen molar-refractivity contribution >= 4 is 17.7 Å². The Labute approximate surface area is 179 Å². The lowest BCUT2D eigenvalue weighted by atomic mass is 9.75. The molecule has 4 heteroatoms. The molecule has 2 aromatic rings. The van der Waals surface area contributed by atoms with E-state index in [1.807, 2.05) is 24.3 Å². The molecule has 2 heterocycles. The maximum absolute atomic E-state index is 12.5. The molecule has 4 rings (SSSR count). The summed E-state index contributed by atoms with van der Waals surface area (Å²) in [6.45, 7) is 7.74. The van der Waals surface area contributed by atoms with Crippen LogP contribution in [0.1, 0.15) is 57.6 Å². The maximum Gasteiger partial charge on any atom is 0.241 e. The SMILES string of the molecule is CCCCCCOc1ccccc1C=C[C@]12NC(=O)CN1c1ccccc1C2(C)C. The van der Waals surface area contributed by atoms with E-state index in [1.54, 1.807) is 0 Å². The zero-order valence-corrected chi connectivity index (χ0v) is 18.3. The third-order valence-electron chi connectivity index (χ3n) is 6.56. The van der Waals surface area contributed by atoms with Crippen LogP contribution in [-0.4, -0.2) is 24.7 Å². The lowest BCUT2D eigenvalue weighted by Crippen LogP contribution is -2.58. The second kappa shape index (κ2) is 8.17. The van der Waals surface area contributed by atoms with Gasteiger partial charge in [0.25, 0.3) is 0 Å². The highest BCUT2D eigenvalue weighted by Crippen LogP contribution is 2.52. The van der Waals surface area contributed by atoms with E-state index in [1.165, 1.54) is 24.8 Å². The van der Waals surface area contributed by atoms with Gasteiger partial charge in [0, 0.05) is 16.7 Å². The third-order valence-corrected chi connectivity index (χ3v) is 6.56. The minimum absolute atomic E-state index is 0.0580. The summed E-state index contributed by atoms with van der Waals surface area (Å²) in [7, 11) is 0. The first-order chi connectivity index (χ1) is 14.5. The fourth-order valence-corrected chi connectivity index (χ4v) is 4.81. The minimum atomic E-state index is -0.581. The normalized spacial score (nSPS) is 21.6. The highest BCUT2D eigenvalue weighted by Gasteiger charge is 2.59. The van der Waals surface area contributed by atoms with E-state index in [9.17, 15) is 4.79 Å². The van der Waals surface area contributed by atoms with Gasteiger partial charge in [-0.05, 0) is 30.2 Å². The van der Waals surface area contributed by atoms with Crippen LogP contribution in [0, 0.1) is 0 Å². The Kier molecular flexibility index (Phi) is 5.59. The number of carbonyl (C=O) groups excluding carboxylic acids is 1. The summed E-state index contributed by atoms with van der Waals surface area (Å²) < 4.78 is 6.09. The van der Waals surface area contributed by atoms with E-state index in [4.69, 9.17) is 4.74 Å². The van der Waals surface area contributed by atoms with Crippen molar-refractivity contribution in [1.29, 1.82) is 0 Å². The van der Waals surface area contributed by atoms with Gasteiger partial charge in [0.2, 0.25) is 5.91 Å². The highest BCUT2D eigenvalue weighted by atomic mass is 16.5. The van der Waals surface area contributed by atoms with E-state index in [-0.39, 0.29) is 11.3 Å². The van der Waals surface area contributed by atoms with Crippen molar-refractivity contribution in [2.24, 2.45) is 0 Å². The van der Waals surface area contributed by atoms with E-state index in [0.29, 0.717) is 6.54 Å². The molecule has 1 amide bonds. The molecular weight excluding hydrogens is 372 g/mol. The van der Waals surface area contributed by atoms with Crippen LogP contribution in [0.2, 0.25) is 0 Å². The van der Waals surface area contributed by atoms with Crippen LogP contribution < -0.4 is 15.0 Å². The molecule has 1 N–H and O–H groups in total. The summed E-state index contributed by atoms with van der Waals surface area (Å²) in [5.74, 6) is 0.952. The lowest BCUT2D eigenvalue weighted by molar-refractivity contribution is -0.118. The molecule has 2 aromatic carbocycles. The summed E-state index contributed by atoms with van der Waals surface area (Å²) in [4.78, 5) is 14.7. The van der Waals surface area contributed by atoms with Crippen molar-refractivity contribution < 1.29 is 9.53 Å². The first-order valence-electron chi connectivity index (χ1n) is 11.1. The van der Waals surface area contributed by atoms with Crippen LogP contribution in [-0.2, 0) is 10.2 Å². The van der Waals surface area contributed by atoms with E-state index in [0.717, 1.165) is 30.0 Å². The fraction of sp³-hybridized carbons (Fsp3) is 0.423. The Balaban J connectivity index is 1.62. The first kappa shape index (κ1) is 20.5. The summed E-state index contributed by atoms with van der Waals surface area (Å²) in [5.41, 5.74) is 2.58. The number of amides is 1. The first-order valence-corrected chi connectivity index (χ1v) is 11.1. The monoisotopic (exact) mass is 404 g/mol. The van der Waals surface area contributed by atoms with Crippen molar-refractivity contribution in [3.8, 4) is 5.75 Å². The van der Waals surface area contributed by atoms with Gasteiger partial charge in [-0.25, -0.2) is 0 Å². The third kappa shape index (κ3) is 3.38. The number of unbranched alkanes of at least 4 members (excludes halogenated alkanes) is 3. The second-order valence-electron chi connectivity index (χ2n) is 8.82. The summed E-state index contributed by atoms with van der Waals surface area (Å²) in [6.07, 6.45) is 9.00. The fourth-order valence-electron chi connectivity index (χ4n) is 4.81. The molecule has 0 aromatic heterocycles. The number of nitrogens with zero attached hydrogens (tertiary/aromatic N) is 1. The summed E-state index contributed by atoms with van der Waals surface area (Å²) >= 11 is 0. The Morgan fingerprint density at radius 1 is 1.07 bits per heavy atom. The van der Waals surface area contributed by atoms with Gasteiger partial charge in [-0.1, -0.05) is 82.5 Å². The average molecular weight is 405 g/mol. The van der Waals surface area contributed by atoms with Gasteiger partial charge in [-0.15, -0.1) is 0 Å². The van der Waals surface area contributed by atoms with Crippen LogP contribution in [0.25, 0.3) is 6.08 Å².